The van der Waals surface area contributed by atoms with E-state index in [1.807, 2.05) is 24.3 Å². The first-order chi connectivity index (χ1) is 8.84. The summed E-state index contributed by atoms with van der Waals surface area (Å²) in [5.74, 6) is 0.134. The Morgan fingerprint density at radius 2 is 2.11 bits per heavy atom. The van der Waals surface area contributed by atoms with E-state index in [1.165, 1.54) is 0 Å². The molecule has 1 aliphatic heterocycles. The van der Waals surface area contributed by atoms with Crippen LogP contribution in [0.3, 0.4) is 0 Å². The van der Waals surface area contributed by atoms with Gasteiger partial charge in [-0.25, -0.2) is 4.98 Å². The van der Waals surface area contributed by atoms with Gasteiger partial charge in [-0.3, -0.25) is 4.98 Å². The van der Waals surface area contributed by atoms with Gasteiger partial charge in [0.05, 0.1) is 29.5 Å². The van der Waals surface area contributed by atoms with Crippen molar-refractivity contribution in [1.82, 2.24) is 9.97 Å². The first-order valence-corrected chi connectivity index (χ1v) is 6.32. The van der Waals surface area contributed by atoms with E-state index in [9.17, 15) is 5.11 Å². The standard InChI is InChI=1S/C14H16N2O2/c17-14(10-4-3-7-18-9-10)13-8-15-11-5-1-2-6-12(11)16-13/h1-2,5-6,8,10,14,17H,3-4,7,9H2. The van der Waals surface area contributed by atoms with E-state index in [0.717, 1.165) is 30.5 Å². The number of benzene rings is 1. The van der Waals surface area contributed by atoms with Crippen LogP contribution >= 0.6 is 0 Å². The quantitative estimate of drug-likeness (QED) is 0.878. The molecule has 1 N–H and O–H groups in total. The van der Waals surface area contributed by atoms with Gasteiger partial charge in [0.2, 0.25) is 0 Å². The number of nitrogens with zero attached hydrogens (tertiary/aromatic N) is 2. The second-order valence-electron chi connectivity index (χ2n) is 4.71. The lowest BCUT2D eigenvalue weighted by molar-refractivity contribution is -0.0115. The lowest BCUT2D eigenvalue weighted by Crippen LogP contribution is -2.24. The normalized spacial score (nSPS) is 21.9. The highest BCUT2D eigenvalue weighted by Gasteiger charge is 2.25. The van der Waals surface area contributed by atoms with E-state index in [4.69, 9.17) is 4.74 Å². The summed E-state index contributed by atoms with van der Waals surface area (Å²) in [5.41, 5.74) is 2.32. The Labute approximate surface area is 106 Å². The number of para-hydroxylation sites is 2. The summed E-state index contributed by atoms with van der Waals surface area (Å²) in [6.45, 7) is 1.41. The van der Waals surface area contributed by atoms with Crippen molar-refractivity contribution in [3.05, 3.63) is 36.2 Å². The van der Waals surface area contributed by atoms with Gasteiger partial charge in [-0.05, 0) is 25.0 Å². The highest BCUT2D eigenvalue weighted by atomic mass is 16.5. The van der Waals surface area contributed by atoms with Crippen molar-refractivity contribution in [3.8, 4) is 0 Å². The molecular weight excluding hydrogens is 228 g/mol. The molecule has 1 fully saturated rings. The predicted octanol–water partition coefficient (Wildman–Crippen LogP) is 2.09. The molecule has 1 aliphatic rings. The minimum atomic E-state index is -0.581. The molecule has 94 valence electrons. The number of fused-ring (bicyclic) bond motifs is 1. The monoisotopic (exact) mass is 244 g/mol. The molecule has 1 aromatic heterocycles. The third-order valence-corrected chi connectivity index (χ3v) is 3.41. The fourth-order valence-corrected chi connectivity index (χ4v) is 2.37. The zero-order chi connectivity index (χ0) is 12.4. The third kappa shape index (κ3) is 2.21. The number of aliphatic hydroxyl groups excluding tert-OH is 1. The van der Waals surface area contributed by atoms with Crippen LogP contribution < -0.4 is 0 Å². The lowest BCUT2D eigenvalue weighted by Gasteiger charge is -2.26. The van der Waals surface area contributed by atoms with E-state index in [2.05, 4.69) is 9.97 Å². The molecule has 0 saturated carbocycles. The second-order valence-corrected chi connectivity index (χ2v) is 4.71. The van der Waals surface area contributed by atoms with Gasteiger partial charge >= 0.3 is 0 Å². The molecule has 0 spiro atoms. The van der Waals surface area contributed by atoms with Crippen molar-refractivity contribution in [1.29, 1.82) is 0 Å². The molecular formula is C14H16N2O2. The number of rotatable bonds is 2. The van der Waals surface area contributed by atoms with E-state index in [1.54, 1.807) is 6.20 Å². The SMILES string of the molecule is OC(c1cnc2ccccc2n1)C1CCCOC1. The number of hydrogen-bond acceptors (Lipinski definition) is 4. The molecule has 0 radical (unpaired) electrons. The molecule has 1 aromatic carbocycles. The number of ether oxygens (including phenoxy) is 1. The minimum Gasteiger partial charge on any atom is -0.386 e. The van der Waals surface area contributed by atoms with Crippen molar-refractivity contribution in [2.45, 2.75) is 18.9 Å². The van der Waals surface area contributed by atoms with Crippen LogP contribution in [0.1, 0.15) is 24.6 Å². The van der Waals surface area contributed by atoms with Gasteiger partial charge in [0.25, 0.3) is 0 Å². The molecule has 2 atom stereocenters. The molecule has 1 saturated heterocycles. The highest BCUT2D eigenvalue weighted by Crippen LogP contribution is 2.27. The zero-order valence-electron chi connectivity index (χ0n) is 10.1. The topological polar surface area (TPSA) is 55.2 Å². The molecule has 0 bridgehead atoms. The van der Waals surface area contributed by atoms with Gasteiger partial charge in [-0.15, -0.1) is 0 Å². The second kappa shape index (κ2) is 5.00. The smallest absolute Gasteiger partial charge is 0.103 e. The molecule has 4 heteroatoms. The molecule has 2 unspecified atom stereocenters. The summed E-state index contributed by atoms with van der Waals surface area (Å²) in [6.07, 6.45) is 3.07. The Bertz CT molecular complexity index is 538. The van der Waals surface area contributed by atoms with Gasteiger partial charge in [0.15, 0.2) is 0 Å². The van der Waals surface area contributed by atoms with E-state index >= 15 is 0 Å². The maximum atomic E-state index is 10.3. The summed E-state index contributed by atoms with van der Waals surface area (Å²) in [5, 5.41) is 10.3. The van der Waals surface area contributed by atoms with Gasteiger partial charge in [0.1, 0.15) is 6.10 Å². The molecule has 18 heavy (non-hydrogen) atoms. The van der Waals surface area contributed by atoms with Gasteiger partial charge in [0, 0.05) is 12.5 Å². The maximum absolute atomic E-state index is 10.3. The highest BCUT2D eigenvalue weighted by molar-refractivity contribution is 5.73. The first-order valence-electron chi connectivity index (χ1n) is 6.32. The van der Waals surface area contributed by atoms with Crippen LogP contribution in [0.4, 0.5) is 0 Å². The molecule has 4 nitrogen and oxygen atoms in total. The number of aliphatic hydroxyl groups is 1. The summed E-state index contributed by atoms with van der Waals surface area (Å²) in [4.78, 5) is 8.82. The van der Waals surface area contributed by atoms with Crippen LogP contribution in [0, 0.1) is 5.92 Å². The Morgan fingerprint density at radius 1 is 1.28 bits per heavy atom. The third-order valence-electron chi connectivity index (χ3n) is 3.41. The Hall–Kier alpha value is -1.52. The summed E-state index contributed by atoms with van der Waals surface area (Å²) >= 11 is 0. The first kappa shape index (κ1) is 11.6. The fraction of sp³-hybridized carbons (Fsp3) is 0.429. The van der Waals surface area contributed by atoms with Crippen LogP contribution in [0.15, 0.2) is 30.5 Å². The van der Waals surface area contributed by atoms with Crippen molar-refractivity contribution < 1.29 is 9.84 Å². The minimum absolute atomic E-state index is 0.134. The van der Waals surface area contributed by atoms with Crippen LogP contribution in [0.2, 0.25) is 0 Å². The van der Waals surface area contributed by atoms with Gasteiger partial charge < -0.3 is 9.84 Å². The van der Waals surface area contributed by atoms with Crippen molar-refractivity contribution >= 4 is 11.0 Å². The Morgan fingerprint density at radius 3 is 2.89 bits per heavy atom. The Balaban J connectivity index is 1.88. The number of hydrogen-bond donors (Lipinski definition) is 1. The zero-order valence-corrected chi connectivity index (χ0v) is 10.1. The van der Waals surface area contributed by atoms with Crippen molar-refractivity contribution in [3.63, 3.8) is 0 Å². The average Bonchev–Trinajstić information content (AvgIpc) is 2.47. The van der Waals surface area contributed by atoms with E-state index in [-0.39, 0.29) is 5.92 Å². The van der Waals surface area contributed by atoms with Crippen LogP contribution in [0.25, 0.3) is 11.0 Å². The molecule has 2 aromatic rings. The van der Waals surface area contributed by atoms with Gasteiger partial charge in [-0.2, -0.15) is 0 Å². The molecule has 0 aliphatic carbocycles. The van der Waals surface area contributed by atoms with Gasteiger partial charge in [-0.1, -0.05) is 12.1 Å². The van der Waals surface area contributed by atoms with Crippen LogP contribution in [-0.2, 0) is 4.74 Å². The van der Waals surface area contributed by atoms with Crippen molar-refractivity contribution in [2.24, 2.45) is 5.92 Å². The van der Waals surface area contributed by atoms with Crippen LogP contribution in [-0.4, -0.2) is 28.3 Å². The lowest BCUT2D eigenvalue weighted by atomic mass is 9.94. The fourth-order valence-electron chi connectivity index (χ4n) is 2.37. The summed E-state index contributed by atoms with van der Waals surface area (Å²) < 4.78 is 5.40. The molecule has 0 amide bonds. The van der Waals surface area contributed by atoms with E-state index < -0.39 is 6.10 Å². The Kier molecular flexibility index (Phi) is 3.21. The number of aromatic nitrogens is 2. The maximum Gasteiger partial charge on any atom is 0.103 e. The average molecular weight is 244 g/mol. The van der Waals surface area contributed by atoms with E-state index in [0.29, 0.717) is 12.3 Å². The largest absolute Gasteiger partial charge is 0.386 e. The van der Waals surface area contributed by atoms with Crippen molar-refractivity contribution in [2.75, 3.05) is 13.2 Å². The predicted molar refractivity (Wildman–Crippen MR) is 68.0 cm³/mol. The molecule has 3 rings (SSSR count). The summed E-state index contributed by atoms with van der Waals surface area (Å²) in [7, 11) is 0. The summed E-state index contributed by atoms with van der Waals surface area (Å²) in [6, 6.07) is 7.69. The molecule has 2 heterocycles. The van der Waals surface area contributed by atoms with Crippen LogP contribution in [0.5, 0.6) is 0 Å².